The van der Waals surface area contributed by atoms with Crippen LogP contribution in [0.5, 0.6) is 0 Å². The molecule has 0 atom stereocenters. The predicted molar refractivity (Wildman–Crippen MR) is 111 cm³/mol. The van der Waals surface area contributed by atoms with Crippen LogP contribution in [0.4, 0.5) is 5.69 Å². The van der Waals surface area contributed by atoms with Crippen LogP contribution in [0.25, 0.3) is 17.3 Å². The molecule has 3 aromatic rings. The van der Waals surface area contributed by atoms with Gasteiger partial charge in [-0.3, -0.25) is 9.82 Å². The Hall–Kier alpha value is -2.86. The second-order valence-electron chi connectivity index (χ2n) is 7.38. The van der Waals surface area contributed by atoms with Crippen LogP contribution in [-0.2, 0) is 29.3 Å². The van der Waals surface area contributed by atoms with Gasteiger partial charge in [0.2, 0.25) is 0 Å². The zero-order valence-electron chi connectivity index (χ0n) is 15.4. The molecule has 0 aliphatic heterocycles. The van der Waals surface area contributed by atoms with Gasteiger partial charge in [0.05, 0.1) is 10.6 Å². The van der Waals surface area contributed by atoms with E-state index < -0.39 is 10.0 Å². The summed E-state index contributed by atoms with van der Waals surface area (Å²) in [5.41, 5.74) is 7.05. The minimum absolute atomic E-state index is 0.428. The summed E-state index contributed by atoms with van der Waals surface area (Å²) in [5, 5.41) is 7.56. The first kappa shape index (κ1) is 17.3. The number of allylic oxidation sites excluding steroid dienone is 1. The maximum absolute atomic E-state index is 12.9. The van der Waals surface area contributed by atoms with Crippen molar-refractivity contribution in [3.8, 4) is 11.3 Å². The highest BCUT2D eigenvalue weighted by atomic mass is 32.2. The molecule has 2 aromatic carbocycles. The van der Waals surface area contributed by atoms with Crippen LogP contribution < -0.4 is 4.72 Å². The van der Waals surface area contributed by atoms with E-state index in [9.17, 15) is 8.42 Å². The summed E-state index contributed by atoms with van der Waals surface area (Å²) in [6.07, 6.45) is 6.22. The molecule has 0 radical (unpaired) electrons. The molecule has 0 bridgehead atoms. The molecule has 5 nitrogen and oxygen atoms in total. The van der Waals surface area contributed by atoms with Crippen molar-refractivity contribution in [2.45, 2.75) is 32.1 Å². The summed E-state index contributed by atoms with van der Waals surface area (Å²) in [6.45, 7) is 0. The van der Waals surface area contributed by atoms with Crippen molar-refractivity contribution < 1.29 is 8.42 Å². The third-order valence-electron chi connectivity index (χ3n) is 5.55. The smallest absolute Gasteiger partial charge is 0.258 e. The summed E-state index contributed by atoms with van der Waals surface area (Å²) in [7, 11) is -3.59. The molecule has 5 rings (SSSR count). The Balaban J connectivity index is 1.44. The van der Waals surface area contributed by atoms with E-state index in [1.54, 1.807) is 12.1 Å². The molecule has 2 N–H and O–H groups in total. The second kappa shape index (κ2) is 6.63. The van der Waals surface area contributed by atoms with Gasteiger partial charge in [-0.05, 0) is 61.4 Å². The highest BCUT2D eigenvalue weighted by molar-refractivity contribution is 7.96. The van der Waals surface area contributed by atoms with Crippen LogP contribution in [-0.4, -0.2) is 18.6 Å². The molecule has 0 unspecified atom stereocenters. The topological polar surface area (TPSA) is 74.8 Å². The number of rotatable bonds is 4. The van der Waals surface area contributed by atoms with Gasteiger partial charge >= 0.3 is 0 Å². The van der Waals surface area contributed by atoms with Crippen molar-refractivity contribution in [2.75, 3.05) is 4.72 Å². The third-order valence-corrected chi connectivity index (χ3v) is 7.07. The fourth-order valence-electron chi connectivity index (χ4n) is 4.13. The van der Waals surface area contributed by atoms with E-state index in [1.165, 1.54) is 16.8 Å². The van der Waals surface area contributed by atoms with Gasteiger partial charge in [-0.15, -0.1) is 0 Å². The minimum Gasteiger partial charge on any atom is -0.282 e. The van der Waals surface area contributed by atoms with Crippen LogP contribution in [0.15, 0.2) is 53.4 Å². The Morgan fingerprint density at radius 2 is 1.86 bits per heavy atom. The SMILES string of the molecule is O=S(=O)(Nc1cccc(-c2n[nH]c3c2CCC3)c1)C1=Cc2ccccc2CC1. The zero-order valence-corrected chi connectivity index (χ0v) is 16.2. The number of nitrogens with one attached hydrogen (secondary N) is 2. The summed E-state index contributed by atoms with van der Waals surface area (Å²) in [5.74, 6) is 0. The standard InChI is InChI=1S/C22H21N3O2S/c26-28(27,19-12-11-15-5-1-2-6-16(15)14-19)25-18-8-3-7-17(13-18)22-20-9-4-10-21(20)23-24-22/h1-3,5-8,13-14,25H,4,9-12H2,(H,23,24). The Morgan fingerprint density at radius 1 is 0.964 bits per heavy atom. The average Bonchev–Trinajstić information content (AvgIpc) is 3.31. The lowest BCUT2D eigenvalue weighted by Gasteiger charge is -2.17. The molecule has 0 saturated carbocycles. The lowest BCUT2D eigenvalue weighted by molar-refractivity contribution is 0.605. The van der Waals surface area contributed by atoms with Crippen molar-refractivity contribution in [1.29, 1.82) is 0 Å². The number of H-pyrrole nitrogens is 1. The Morgan fingerprint density at radius 3 is 2.79 bits per heavy atom. The summed E-state index contributed by atoms with van der Waals surface area (Å²) in [6, 6.07) is 15.4. The van der Waals surface area contributed by atoms with Crippen molar-refractivity contribution >= 4 is 21.8 Å². The predicted octanol–water partition coefficient (Wildman–Crippen LogP) is 4.29. The largest absolute Gasteiger partial charge is 0.282 e. The normalized spacial score (nSPS) is 15.6. The first-order valence-corrected chi connectivity index (χ1v) is 11.1. The van der Waals surface area contributed by atoms with Gasteiger partial charge in [0, 0.05) is 22.5 Å². The summed E-state index contributed by atoms with van der Waals surface area (Å²) in [4.78, 5) is 0.428. The highest BCUT2D eigenvalue weighted by Crippen LogP contribution is 2.32. The Labute approximate surface area is 164 Å². The summed E-state index contributed by atoms with van der Waals surface area (Å²) >= 11 is 0. The molecule has 0 fully saturated rings. The molecule has 142 valence electrons. The monoisotopic (exact) mass is 391 g/mol. The summed E-state index contributed by atoms with van der Waals surface area (Å²) < 4.78 is 28.7. The van der Waals surface area contributed by atoms with Crippen LogP contribution in [0.3, 0.4) is 0 Å². The number of nitrogens with zero attached hydrogens (tertiary/aromatic N) is 1. The molecule has 0 saturated heterocycles. The van der Waals surface area contributed by atoms with Crippen LogP contribution in [0.1, 0.15) is 35.2 Å². The molecular formula is C22H21N3O2S. The number of sulfonamides is 1. The quantitative estimate of drug-likeness (QED) is 0.696. The maximum atomic E-state index is 12.9. The van der Waals surface area contributed by atoms with Gasteiger partial charge in [-0.1, -0.05) is 36.4 Å². The maximum Gasteiger partial charge on any atom is 0.258 e. The Kier molecular flexibility index (Phi) is 4.09. The first-order valence-electron chi connectivity index (χ1n) is 9.58. The van der Waals surface area contributed by atoms with E-state index >= 15 is 0 Å². The minimum atomic E-state index is -3.59. The molecule has 28 heavy (non-hydrogen) atoms. The zero-order chi connectivity index (χ0) is 19.1. The lowest BCUT2D eigenvalue weighted by atomic mass is 9.98. The number of hydrogen-bond acceptors (Lipinski definition) is 3. The van der Waals surface area contributed by atoms with E-state index in [0.29, 0.717) is 17.0 Å². The highest BCUT2D eigenvalue weighted by Gasteiger charge is 2.23. The molecule has 6 heteroatoms. The average molecular weight is 391 g/mol. The fraction of sp³-hybridized carbons (Fsp3) is 0.227. The van der Waals surface area contributed by atoms with Crippen molar-refractivity contribution in [3.05, 3.63) is 75.8 Å². The van der Waals surface area contributed by atoms with Crippen molar-refractivity contribution in [2.24, 2.45) is 0 Å². The van der Waals surface area contributed by atoms with E-state index in [2.05, 4.69) is 21.0 Å². The molecule has 1 aromatic heterocycles. The van der Waals surface area contributed by atoms with Gasteiger partial charge in [0.15, 0.2) is 0 Å². The number of hydrogen-bond donors (Lipinski definition) is 2. The molecule has 0 amide bonds. The third kappa shape index (κ3) is 3.03. The van der Waals surface area contributed by atoms with Gasteiger partial charge in [0.1, 0.15) is 0 Å². The van der Waals surface area contributed by atoms with Crippen LogP contribution in [0.2, 0.25) is 0 Å². The lowest BCUT2D eigenvalue weighted by Crippen LogP contribution is -2.17. The van der Waals surface area contributed by atoms with Gasteiger partial charge in [-0.2, -0.15) is 5.10 Å². The number of aromatic nitrogens is 2. The molecular weight excluding hydrogens is 370 g/mol. The fourth-order valence-corrected chi connectivity index (χ4v) is 5.35. The van der Waals surface area contributed by atoms with E-state index in [1.807, 2.05) is 36.4 Å². The molecule has 2 aliphatic carbocycles. The number of aryl methyl sites for hydroxylation is 2. The van der Waals surface area contributed by atoms with Gasteiger partial charge < -0.3 is 0 Å². The number of fused-ring (bicyclic) bond motifs is 2. The van der Waals surface area contributed by atoms with Gasteiger partial charge in [-0.25, -0.2) is 8.42 Å². The Bertz CT molecular complexity index is 1190. The van der Waals surface area contributed by atoms with E-state index in [4.69, 9.17) is 0 Å². The van der Waals surface area contributed by atoms with Crippen molar-refractivity contribution in [3.63, 3.8) is 0 Å². The molecule has 2 aliphatic rings. The van der Waals surface area contributed by atoms with Gasteiger partial charge in [0.25, 0.3) is 10.0 Å². The number of anilines is 1. The first-order chi connectivity index (χ1) is 13.6. The number of aromatic amines is 1. The van der Waals surface area contributed by atoms with Crippen LogP contribution >= 0.6 is 0 Å². The van der Waals surface area contributed by atoms with E-state index in [-0.39, 0.29) is 0 Å². The van der Waals surface area contributed by atoms with Crippen molar-refractivity contribution in [1.82, 2.24) is 10.2 Å². The van der Waals surface area contributed by atoms with Crippen LogP contribution in [0, 0.1) is 0 Å². The molecule has 1 heterocycles. The van der Waals surface area contributed by atoms with E-state index in [0.717, 1.165) is 42.5 Å². The second-order valence-corrected chi connectivity index (χ2v) is 9.11. The number of benzene rings is 2. The molecule has 0 spiro atoms.